The maximum Gasteiger partial charge on any atom is 0.228 e. The number of hydrogen-bond donors (Lipinski definition) is 1. The second-order valence-corrected chi connectivity index (χ2v) is 4.96. The summed E-state index contributed by atoms with van der Waals surface area (Å²) < 4.78 is 0. The summed E-state index contributed by atoms with van der Waals surface area (Å²) in [5.74, 6) is 0.295. The summed E-state index contributed by atoms with van der Waals surface area (Å²) in [5, 5.41) is 2.17. The normalized spacial score (nSPS) is 11.0. The fraction of sp³-hybridized carbons (Fsp3) is 0. The van der Waals surface area contributed by atoms with Crippen LogP contribution in [0.1, 0.15) is 16.2 Å². The number of H-pyrrole nitrogens is 1. The number of aromatic nitrogens is 2. The molecule has 1 aromatic heterocycles. The van der Waals surface area contributed by atoms with Crippen molar-refractivity contribution in [3.8, 4) is 0 Å². The van der Waals surface area contributed by atoms with Gasteiger partial charge in [-0.05, 0) is 11.5 Å². The molecule has 4 aromatic rings. The van der Waals surface area contributed by atoms with Gasteiger partial charge in [0.25, 0.3) is 0 Å². The van der Waals surface area contributed by atoms with Crippen molar-refractivity contribution in [3.63, 3.8) is 0 Å². The zero-order chi connectivity index (χ0) is 14.2. The predicted octanol–water partition coefficient (Wildman–Crippen LogP) is 3.95. The standard InChI is InChI=1S/C18H12N2O/c21-17(13-7-2-1-3-8-13)18-19-15-11-10-12-6-4-5-9-14(12)16(15)20-18/h1-11H,(H,19,20). The molecular formula is C18H12N2O. The van der Waals surface area contributed by atoms with Crippen molar-refractivity contribution < 1.29 is 4.79 Å². The van der Waals surface area contributed by atoms with Gasteiger partial charge in [-0.15, -0.1) is 0 Å². The van der Waals surface area contributed by atoms with Gasteiger partial charge in [0.05, 0.1) is 11.0 Å². The lowest BCUT2D eigenvalue weighted by atomic mass is 10.1. The molecule has 0 unspecified atom stereocenters. The molecule has 0 saturated heterocycles. The number of fused-ring (bicyclic) bond motifs is 3. The van der Waals surface area contributed by atoms with Crippen LogP contribution in [-0.4, -0.2) is 15.8 Å². The summed E-state index contributed by atoms with van der Waals surface area (Å²) in [4.78, 5) is 20.1. The third kappa shape index (κ3) is 1.91. The van der Waals surface area contributed by atoms with Crippen molar-refractivity contribution in [3.05, 3.63) is 78.1 Å². The van der Waals surface area contributed by atoms with E-state index in [1.807, 2.05) is 54.6 Å². The Bertz CT molecular complexity index is 955. The van der Waals surface area contributed by atoms with E-state index in [1.54, 1.807) is 12.1 Å². The molecule has 21 heavy (non-hydrogen) atoms. The lowest BCUT2D eigenvalue weighted by molar-refractivity contribution is 0.103. The van der Waals surface area contributed by atoms with Gasteiger partial charge < -0.3 is 4.98 Å². The minimum atomic E-state index is -0.0871. The third-order valence-corrected chi connectivity index (χ3v) is 3.63. The van der Waals surface area contributed by atoms with E-state index < -0.39 is 0 Å². The van der Waals surface area contributed by atoms with Crippen molar-refractivity contribution in [1.82, 2.24) is 9.97 Å². The average Bonchev–Trinajstić information content (AvgIpc) is 2.99. The van der Waals surface area contributed by atoms with Crippen LogP contribution in [0.3, 0.4) is 0 Å². The average molecular weight is 272 g/mol. The van der Waals surface area contributed by atoms with E-state index in [0.29, 0.717) is 11.4 Å². The van der Waals surface area contributed by atoms with Gasteiger partial charge in [-0.3, -0.25) is 4.79 Å². The number of hydrogen-bond acceptors (Lipinski definition) is 2. The summed E-state index contributed by atoms with van der Waals surface area (Å²) in [5.41, 5.74) is 2.36. The third-order valence-electron chi connectivity index (χ3n) is 3.63. The van der Waals surface area contributed by atoms with Crippen molar-refractivity contribution in [2.75, 3.05) is 0 Å². The van der Waals surface area contributed by atoms with Gasteiger partial charge in [0.2, 0.25) is 5.78 Å². The number of nitrogens with one attached hydrogen (secondary N) is 1. The highest BCUT2D eigenvalue weighted by molar-refractivity contribution is 6.11. The fourth-order valence-corrected chi connectivity index (χ4v) is 2.58. The lowest BCUT2D eigenvalue weighted by Gasteiger charge is -1.96. The number of rotatable bonds is 2. The van der Waals surface area contributed by atoms with E-state index in [0.717, 1.165) is 21.8 Å². The van der Waals surface area contributed by atoms with Gasteiger partial charge in [0, 0.05) is 10.9 Å². The maximum atomic E-state index is 12.5. The molecule has 0 atom stereocenters. The minimum Gasteiger partial charge on any atom is -0.335 e. The first kappa shape index (κ1) is 11.9. The summed E-state index contributed by atoms with van der Waals surface area (Å²) in [7, 11) is 0. The molecule has 0 radical (unpaired) electrons. The van der Waals surface area contributed by atoms with Gasteiger partial charge in [-0.1, -0.05) is 60.7 Å². The number of ketones is 1. The smallest absolute Gasteiger partial charge is 0.228 e. The van der Waals surface area contributed by atoms with E-state index >= 15 is 0 Å². The van der Waals surface area contributed by atoms with E-state index in [-0.39, 0.29) is 5.78 Å². The summed E-state index contributed by atoms with van der Waals surface area (Å²) in [6.45, 7) is 0. The zero-order valence-corrected chi connectivity index (χ0v) is 11.2. The molecule has 3 aromatic carbocycles. The van der Waals surface area contributed by atoms with Gasteiger partial charge in [0.15, 0.2) is 5.82 Å². The number of carbonyl (C=O) groups excluding carboxylic acids is 1. The topological polar surface area (TPSA) is 45.8 Å². The van der Waals surface area contributed by atoms with E-state index in [1.165, 1.54) is 0 Å². The van der Waals surface area contributed by atoms with Crippen LogP contribution in [-0.2, 0) is 0 Å². The Hall–Kier alpha value is -2.94. The van der Waals surface area contributed by atoms with Crippen LogP contribution in [0.5, 0.6) is 0 Å². The van der Waals surface area contributed by atoms with Crippen LogP contribution in [0.15, 0.2) is 66.7 Å². The van der Waals surface area contributed by atoms with Crippen molar-refractivity contribution in [1.29, 1.82) is 0 Å². The number of carbonyl (C=O) groups is 1. The van der Waals surface area contributed by atoms with Crippen LogP contribution >= 0.6 is 0 Å². The summed E-state index contributed by atoms with van der Waals surface area (Å²) in [6, 6.07) is 21.2. The monoisotopic (exact) mass is 272 g/mol. The number of aromatic amines is 1. The maximum absolute atomic E-state index is 12.5. The molecule has 0 aliphatic rings. The fourth-order valence-electron chi connectivity index (χ4n) is 2.58. The Morgan fingerprint density at radius 1 is 0.857 bits per heavy atom. The first-order valence-corrected chi connectivity index (χ1v) is 6.80. The van der Waals surface area contributed by atoms with Gasteiger partial charge >= 0.3 is 0 Å². The largest absolute Gasteiger partial charge is 0.335 e. The molecule has 0 aliphatic heterocycles. The molecule has 0 bridgehead atoms. The second-order valence-electron chi connectivity index (χ2n) is 4.96. The molecule has 0 aliphatic carbocycles. The van der Waals surface area contributed by atoms with Crippen LogP contribution < -0.4 is 0 Å². The molecule has 1 heterocycles. The number of nitrogens with zero attached hydrogens (tertiary/aromatic N) is 1. The Morgan fingerprint density at radius 3 is 2.48 bits per heavy atom. The molecule has 1 N–H and O–H groups in total. The Morgan fingerprint density at radius 2 is 1.62 bits per heavy atom. The van der Waals surface area contributed by atoms with Gasteiger partial charge in [-0.2, -0.15) is 0 Å². The number of imidazole rings is 1. The number of benzene rings is 3. The molecule has 0 spiro atoms. The SMILES string of the molecule is O=C(c1ccccc1)c1nc2c(ccc3ccccc32)[nH]1. The first-order chi connectivity index (χ1) is 10.3. The molecule has 0 saturated carbocycles. The lowest BCUT2D eigenvalue weighted by Crippen LogP contribution is -2.02. The highest BCUT2D eigenvalue weighted by Crippen LogP contribution is 2.24. The van der Waals surface area contributed by atoms with Crippen LogP contribution in [0.2, 0.25) is 0 Å². The summed E-state index contributed by atoms with van der Waals surface area (Å²) >= 11 is 0. The molecule has 0 amide bonds. The Labute approximate surface area is 121 Å². The van der Waals surface area contributed by atoms with E-state index in [9.17, 15) is 4.79 Å². The van der Waals surface area contributed by atoms with Crippen molar-refractivity contribution in [2.45, 2.75) is 0 Å². The van der Waals surface area contributed by atoms with Crippen LogP contribution in [0.4, 0.5) is 0 Å². The van der Waals surface area contributed by atoms with Gasteiger partial charge in [0.1, 0.15) is 0 Å². The predicted molar refractivity (Wildman–Crippen MR) is 83.5 cm³/mol. The highest BCUT2D eigenvalue weighted by Gasteiger charge is 2.14. The molecule has 3 heteroatoms. The molecule has 4 rings (SSSR count). The highest BCUT2D eigenvalue weighted by atomic mass is 16.1. The van der Waals surface area contributed by atoms with Crippen molar-refractivity contribution >= 4 is 27.6 Å². The zero-order valence-electron chi connectivity index (χ0n) is 11.2. The molecule has 0 fully saturated rings. The van der Waals surface area contributed by atoms with Crippen molar-refractivity contribution in [2.24, 2.45) is 0 Å². The van der Waals surface area contributed by atoms with E-state index in [4.69, 9.17) is 0 Å². The van der Waals surface area contributed by atoms with Gasteiger partial charge in [-0.25, -0.2) is 4.98 Å². The van der Waals surface area contributed by atoms with E-state index in [2.05, 4.69) is 9.97 Å². The quantitative estimate of drug-likeness (QED) is 0.562. The summed E-state index contributed by atoms with van der Waals surface area (Å²) in [6.07, 6.45) is 0. The second kappa shape index (κ2) is 4.56. The van der Waals surface area contributed by atoms with Crippen LogP contribution in [0, 0.1) is 0 Å². The molecule has 100 valence electrons. The minimum absolute atomic E-state index is 0.0871. The Kier molecular flexibility index (Phi) is 2.57. The molecule has 3 nitrogen and oxygen atoms in total. The molecular weight excluding hydrogens is 260 g/mol. The Balaban J connectivity index is 1.91. The first-order valence-electron chi connectivity index (χ1n) is 6.80. The van der Waals surface area contributed by atoms with Crippen LogP contribution in [0.25, 0.3) is 21.8 Å².